The molecule has 0 spiro atoms. The molecule has 0 fully saturated rings. The van der Waals surface area contributed by atoms with Crippen molar-refractivity contribution in [3.63, 3.8) is 0 Å². The zero-order valence-electron chi connectivity index (χ0n) is 10.6. The molecule has 0 aliphatic rings. The molecule has 0 aromatic carbocycles. The van der Waals surface area contributed by atoms with Crippen molar-refractivity contribution in [1.29, 1.82) is 0 Å². The molecule has 1 heterocycles. The number of pyridine rings is 1. The van der Waals surface area contributed by atoms with Gasteiger partial charge < -0.3 is 5.32 Å². The van der Waals surface area contributed by atoms with Crippen molar-refractivity contribution in [2.24, 2.45) is 0 Å². The van der Waals surface area contributed by atoms with Gasteiger partial charge in [0.2, 0.25) is 10.0 Å². The molecule has 0 aliphatic carbocycles. The maximum absolute atomic E-state index is 11.9. The summed E-state index contributed by atoms with van der Waals surface area (Å²) in [6, 6.07) is 3.42. The van der Waals surface area contributed by atoms with Gasteiger partial charge in [0.05, 0.1) is 10.8 Å². The van der Waals surface area contributed by atoms with Gasteiger partial charge in [0.25, 0.3) is 0 Å². The number of nitrogens with one attached hydrogen (secondary N) is 1. The van der Waals surface area contributed by atoms with Gasteiger partial charge in [-0.05, 0) is 12.1 Å². The van der Waals surface area contributed by atoms with E-state index in [-0.39, 0.29) is 5.75 Å². The van der Waals surface area contributed by atoms with E-state index in [1.165, 1.54) is 10.5 Å². The van der Waals surface area contributed by atoms with Crippen LogP contribution in [0.5, 0.6) is 0 Å². The first-order chi connectivity index (χ1) is 8.49. The van der Waals surface area contributed by atoms with Crippen LogP contribution in [0.2, 0.25) is 5.02 Å². The Morgan fingerprint density at radius 2 is 2.00 bits per heavy atom. The van der Waals surface area contributed by atoms with Crippen molar-refractivity contribution in [1.82, 2.24) is 9.29 Å². The minimum absolute atomic E-state index is 0.0546. The van der Waals surface area contributed by atoms with E-state index in [9.17, 15) is 8.42 Å². The van der Waals surface area contributed by atoms with Crippen LogP contribution in [0, 0.1) is 0 Å². The fraction of sp³-hybridized carbons (Fsp3) is 0.545. The Hall–Kier alpha value is -0.850. The molecule has 18 heavy (non-hydrogen) atoms. The van der Waals surface area contributed by atoms with Gasteiger partial charge >= 0.3 is 0 Å². The molecule has 0 saturated heterocycles. The van der Waals surface area contributed by atoms with Crippen LogP contribution in [0.15, 0.2) is 18.3 Å². The van der Waals surface area contributed by atoms with E-state index in [0.717, 1.165) is 0 Å². The number of nitrogens with zero attached hydrogens (tertiary/aromatic N) is 2. The monoisotopic (exact) mass is 291 g/mol. The first kappa shape index (κ1) is 15.2. The van der Waals surface area contributed by atoms with Gasteiger partial charge in [-0.2, -0.15) is 0 Å². The van der Waals surface area contributed by atoms with E-state index >= 15 is 0 Å². The normalized spacial score (nSPS) is 11.8. The fourth-order valence-corrected chi connectivity index (χ4v) is 3.05. The van der Waals surface area contributed by atoms with Gasteiger partial charge in [0.1, 0.15) is 5.82 Å². The summed E-state index contributed by atoms with van der Waals surface area (Å²) < 4.78 is 25.2. The molecule has 0 bridgehead atoms. The van der Waals surface area contributed by atoms with Gasteiger partial charge in [0, 0.05) is 25.8 Å². The number of hydrogen-bond acceptors (Lipinski definition) is 4. The van der Waals surface area contributed by atoms with Crippen LogP contribution in [-0.2, 0) is 10.0 Å². The first-order valence-electron chi connectivity index (χ1n) is 5.82. The van der Waals surface area contributed by atoms with Crippen LogP contribution < -0.4 is 5.32 Å². The molecular weight excluding hydrogens is 274 g/mol. The minimum atomic E-state index is -3.18. The molecule has 1 aromatic heterocycles. The van der Waals surface area contributed by atoms with Crippen molar-refractivity contribution in [2.45, 2.75) is 13.8 Å². The summed E-state index contributed by atoms with van der Waals surface area (Å²) >= 11 is 5.70. The van der Waals surface area contributed by atoms with Crippen LogP contribution in [0.25, 0.3) is 0 Å². The lowest BCUT2D eigenvalue weighted by molar-refractivity contribution is 0.446. The lowest BCUT2D eigenvalue weighted by Crippen LogP contribution is -2.34. The quantitative estimate of drug-likeness (QED) is 0.832. The Morgan fingerprint density at radius 1 is 1.33 bits per heavy atom. The standard InChI is InChI=1S/C11H18ClN3O2S/c1-3-15(4-2)18(16,17)8-7-13-11-6-5-10(12)9-14-11/h5-6,9H,3-4,7-8H2,1-2H3,(H,13,14). The van der Waals surface area contributed by atoms with E-state index in [2.05, 4.69) is 10.3 Å². The summed E-state index contributed by atoms with van der Waals surface area (Å²) in [7, 11) is -3.18. The van der Waals surface area contributed by atoms with Crippen LogP contribution >= 0.6 is 11.6 Å². The summed E-state index contributed by atoms with van der Waals surface area (Å²) in [4.78, 5) is 4.03. The number of aromatic nitrogens is 1. The highest BCUT2D eigenvalue weighted by Crippen LogP contribution is 2.09. The smallest absolute Gasteiger partial charge is 0.215 e. The van der Waals surface area contributed by atoms with Crippen molar-refractivity contribution in [2.75, 3.05) is 30.7 Å². The van der Waals surface area contributed by atoms with Crippen molar-refractivity contribution in [3.8, 4) is 0 Å². The van der Waals surface area contributed by atoms with Crippen molar-refractivity contribution >= 4 is 27.4 Å². The topological polar surface area (TPSA) is 62.3 Å². The number of rotatable bonds is 7. The Bertz CT molecular complexity index is 458. The summed E-state index contributed by atoms with van der Waals surface area (Å²) in [5.41, 5.74) is 0. The second-order valence-electron chi connectivity index (χ2n) is 3.69. The van der Waals surface area contributed by atoms with E-state index in [1.807, 2.05) is 13.8 Å². The Labute approximate surface area is 113 Å². The van der Waals surface area contributed by atoms with Crippen LogP contribution in [0.1, 0.15) is 13.8 Å². The molecule has 0 unspecified atom stereocenters. The second-order valence-corrected chi connectivity index (χ2v) is 6.21. The molecule has 1 rings (SSSR count). The van der Waals surface area contributed by atoms with Gasteiger partial charge in [-0.3, -0.25) is 0 Å². The molecule has 0 aliphatic heterocycles. The molecule has 1 aromatic rings. The van der Waals surface area contributed by atoms with Crippen LogP contribution in [0.4, 0.5) is 5.82 Å². The SMILES string of the molecule is CCN(CC)S(=O)(=O)CCNc1ccc(Cl)cn1. The van der Waals surface area contributed by atoms with Gasteiger partial charge in [0.15, 0.2) is 0 Å². The highest BCUT2D eigenvalue weighted by molar-refractivity contribution is 7.89. The molecule has 1 N–H and O–H groups in total. The molecule has 0 atom stereocenters. The third-order valence-electron chi connectivity index (χ3n) is 2.49. The second kappa shape index (κ2) is 6.92. The van der Waals surface area contributed by atoms with Crippen LogP contribution in [-0.4, -0.2) is 43.1 Å². The van der Waals surface area contributed by atoms with E-state index in [0.29, 0.717) is 30.5 Å². The Morgan fingerprint density at radius 3 is 2.50 bits per heavy atom. The molecule has 0 radical (unpaired) electrons. The molecule has 0 saturated carbocycles. The maximum Gasteiger partial charge on any atom is 0.215 e. The Kier molecular flexibility index (Phi) is 5.84. The summed E-state index contributed by atoms with van der Waals surface area (Å²) in [6.45, 7) is 4.98. The van der Waals surface area contributed by atoms with E-state index < -0.39 is 10.0 Å². The average molecular weight is 292 g/mol. The number of sulfonamides is 1. The third kappa shape index (κ3) is 4.44. The molecule has 7 heteroatoms. The van der Waals surface area contributed by atoms with Gasteiger partial charge in [-0.15, -0.1) is 0 Å². The minimum Gasteiger partial charge on any atom is -0.369 e. The maximum atomic E-state index is 11.9. The zero-order valence-corrected chi connectivity index (χ0v) is 12.1. The average Bonchev–Trinajstić information content (AvgIpc) is 2.32. The molecule has 5 nitrogen and oxygen atoms in total. The first-order valence-corrected chi connectivity index (χ1v) is 7.81. The lowest BCUT2D eigenvalue weighted by atomic mass is 10.4. The van der Waals surface area contributed by atoms with Crippen molar-refractivity contribution in [3.05, 3.63) is 23.4 Å². The summed E-state index contributed by atoms with van der Waals surface area (Å²) in [5, 5.41) is 3.51. The van der Waals surface area contributed by atoms with E-state index in [1.54, 1.807) is 12.1 Å². The number of halogens is 1. The van der Waals surface area contributed by atoms with E-state index in [4.69, 9.17) is 11.6 Å². The number of hydrogen-bond donors (Lipinski definition) is 1. The molecule has 0 amide bonds. The summed E-state index contributed by atoms with van der Waals surface area (Å²) in [5.74, 6) is 0.674. The van der Waals surface area contributed by atoms with Gasteiger partial charge in [-0.1, -0.05) is 25.4 Å². The number of anilines is 1. The zero-order chi connectivity index (χ0) is 13.6. The van der Waals surface area contributed by atoms with Crippen molar-refractivity contribution < 1.29 is 8.42 Å². The third-order valence-corrected chi connectivity index (χ3v) is 4.74. The van der Waals surface area contributed by atoms with Gasteiger partial charge in [-0.25, -0.2) is 17.7 Å². The Balaban J connectivity index is 2.48. The molecule has 102 valence electrons. The molecular formula is C11H18ClN3O2S. The predicted molar refractivity (Wildman–Crippen MR) is 74.4 cm³/mol. The summed E-state index contributed by atoms with van der Waals surface area (Å²) in [6.07, 6.45) is 1.52. The fourth-order valence-electron chi connectivity index (χ4n) is 1.53. The predicted octanol–water partition coefficient (Wildman–Crippen LogP) is 1.82. The highest BCUT2D eigenvalue weighted by Gasteiger charge is 2.17. The van der Waals surface area contributed by atoms with Crippen LogP contribution in [0.3, 0.4) is 0 Å². The largest absolute Gasteiger partial charge is 0.369 e. The highest BCUT2D eigenvalue weighted by atomic mass is 35.5. The lowest BCUT2D eigenvalue weighted by Gasteiger charge is -2.18.